The summed E-state index contributed by atoms with van der Waals surface area (Å²) in [5.41, 5.74) is 1.33. The number of hydrogen-bond donors (Lipinski definition) is 1. The Labute approximate surface area is 216 Å². The van der Waals surface area contributed by atoms with Crippen molar-refractivity contribution in [2.75, 3.05) is 12.4 Å². The van der Waals surface area contributed by atoms with Gasteiger partial charge in [-0.2, -0.15) is 0 Å². The van der Waals surface area contributed by atoms with Crippen LogP contribution in [-0.4, -0.2) is 35.6 Å². The molecule has 1 aromatic rings. The van der Waals surface area contributed by atoms with Gasteiger partial charge in [-0.05, 0) is 111 Å². The second-order valence-corrected chi connectivity index (χ2v) is 13.5. The van der Waals surface area contributed by atoms with E-state index in [1.165, 1.54) is 25.7 Å². The third-order valence-corrected chi connectivity index (χ3v) is 11.6. The van der Waals surface area contributed by atoms with Crippen molar-refractivity contribution in [2.45, 2.75) is 92.0 Å². The topological polar surface area (TPSA) is 66.5 Å². The lowest BCUT2D eigenvalue weighted by atomic mass is 9.45. The molecule has 0 bridgehead atoms. The molecular weight excluding hydrogens is 448 g/mol. The van der Waals surface area contributed by atoms with Crippen LogP contribution >= 0.6 is 0 Å². The van der Waals surface area contributed by atoms with Gasteiger partial charge in [0.15, 0.2) is 5.78 Å². The quantitative estimate of drug-likeness (QED) is 0.499. The number of carbonyl (C=O) groups excluding carboxylic acids is 3. The molecule has 1 aliphatic heterocycles. The molecule has 1 aromatic carbocycles. The van der Waals surface area contributed by atoms with Gasteiger partial charge in [0, 0.05) is 36.2 Å². The number of hydrogen-bond acceptors (Lipinski definition) is 3. The van der Waals surface area contributed by atoms with Crippen molar-refractivity contribution in [3.8, 4) is 0 Å². The zero-order chi connectivity index (χ0) is 26.0. The number of rotatable bonds is 4. The van der Waals surface area contributed by atoms with Crippen LogP contribution in [0.25, 0.3) is 0 Å². The molecule has 1 heterocycles. The number of benzene rings is 1. The van der Waals surface area contributed by atoms with Crippen LogP contribution in [0.4, 0.5) is 5.69 Å². The van der Waals surface area contributed by atoms with Crippen LogP contribution < -0.4 is 5.32 Å². The van der Waals surface area contributed by atoms with E-state index in [-0.39, 0.29) is 22.5 Å². The van der Waals surface area contributed by atoms with Crippen molar-refractivity contribution in [2.24, 2.45) is 39.9 Å². The van der Waals surface area contributed by atoms with E-state index in [1.54, 1.807) is 19.1 Å². The lowest BCUT2D eigenvalue weighted by Crippen LogP contribution is -2.61. The van der Waals surface area contributed by atoms with Crippen LogP contribution in [0.1, 0.15) is 96.3 Å². The smallest absolute Gasteiger partial charge is 0.230 e. The highest BCUT2D eigenvalue weighted by molar-refractivity contribution is 5.97. The molecule has 2 amide bonds. The Hall–Kier alpha value is -2.17. The number of ketones is 1. The van der Waals surface area contributed by atoms with Crippen molar-refractivity contribution in [1.82, 2.24) is 4.90 Å². The lowest BCUT2D eigenvalue weighted by Gasteiger charge is -2.62. The van der Waals surface area contributed by atoms with E-state index in [1.807, 2.05) is 19.2 Å². The lowest BCUT2D eigenvalue weighted by molar-refractivity contribution is -0.160. The molecule has 36 heavy (non-hydrogen) atoms. The molecule has 5 nitrogen and oxygen atoms in total. The minimum absolute atomic E-state index is 0.0306. The average Bonchev–Trinajstić information content (AvgIpc) is 3.20. The van der Waals surface area contributed by atoms with E-state index in [4.69, 9.17) is 0 Å². The number of nitrogens with zero attached hydrogens (tertiary/aromatic N) is 1. The molecule has 1 N–H and O–H groups in total. The highest BCUT2D eigenvalue weighted by Gasteiger charge is 2.63. The number of carbonyl (C=O) groups is 3. The maximum atomic E-state index is 13.6. The fraction of sp³-hybridized carbons (Fsp3) is 0.710. The Morgan fingerprint density at radius 2 is 1.61 bits per heavy atom. The Kier molecular flexibility index (Phi) is 6.16. The Balaban J connectivity index is 1.34. The Bertz CT molecular complexity index is 1060. The van der Waals surface area contributed by atoms with Crippen molar-refractivity contribution in [3.05, 3.63) is 29.8 Å². The number of piperidine rings is 1. The predicted octanol–water partition coefficient (Wildman–Crippen LogP) is 6.33. The van der Waals surface area contributed by atoms with Gasteiger partial charge in [0.1, 0.15) is 0 Å². The molecule has 5 rings (SSSR count). The first-order valence-electron chi connectivity index (χ1n) is 14.1. The summed E-state index contributed by atoms with van der Waals surface area (Å²) in [6.07, 6.45) is 8.76. The standard InChI is InChI=1S/C31H44N2O3/c1-19(34)20-7-9-21(10-8-20)32-28(36)29(2,3)25-13-12-23-22-11-14-26-31(5,18-16-27(35)33(26)6)24(22)15-17-30(23,25)4/h7-10,22-26H,11-18H2,1-6H3,(H,32,36)/t22?,23?,24?,25-,26-,30+,31-/m1/s1. The van der Waals surface area contributed by atoms with Crippen molar-refractivity contribution >= 4 is 23.3 Å². The molecule has 1 saturated heterocycles. The summed E-state index contributed by atoms with van der Waals surface area (Å²) < 4.78 is 0. The fourth-order valence-electron chi connectivity index (χ4n) is 9.57. The third kappa shape index (κ3) is 3.75. The number of likely N-dealkylation sites (tertiary alicyclic amines) is 1. The second kappa shape index (κ2) is 8.70. The predicted molar refractivity (Wildman–Crippen MR) is 143 cm³/mol. The molecule has 5 heteroatoms. The summed E-state index contributed by atoms with van der Waals surface area (Å²) in [5.74, 6) is 2.81. The molecule has 4 fully saturated rings. The summed E-state index contributed by atoms with van der Waals surface area (Å²) in [6.45, 7) is 10.8. The molecule has 0 aromatic heterocycles. The third-order valence-electron chi connectivity index (χ3n) is 11.6. The molecule has 3 aliphatic carbocycles. The van der Waals surface area contributed by atoms with E-state index in [0.717, 1.165) is 24.9 Å². The molecular formula is C31H44N2O3. The van der Waals surface area contributed by atoms with Gasteiger partial charge in [0.25, 0.3) is 0 Å². The largest absolute Gasteiger partial charge is 0.342 e. The monoisotopic (exact) mass is 492 g/mol. The molecule has 0 radical (unpaired) electrons. The molecule has 196 valence electrons. The number of fused-ring (bicyclic) bond motifs is 5. The average molecular weight is 493 g/mol. The Morgan fingerprint density at radius 1 is 0.944 bits per heavy atom. The zero-order valence-corrected chi connectivity index (χ0v) is 23.0. The summed E-state index contributed by atoms with van der Waals surface area (Å²) >= 11 is 0. The molecule has 4 aliphatic rings. The van der Waals surface area contributed by atoms with Gasteiger partial charge in [0.05, 0.1) is 0 Å². The van der Waals surface area contributed by atoms with E-state index in [2.05, 4.69) is 37.9 Å². The summed E-state index contributed by atoms with van der Waals surface area (Å²) in [5, 5.41) is 3.16. The van der Waals surface area contributed by atoms with Gasteiger partial charge in [-0.3, -0.25) is 14.4 Å². The molecule has 0 spiro atoms. The van der Waals surface area contributed by atoms with Crippen LogP contribution in [0.15, 0.2) is 24.3 Å². The van der Waals surface area contributed by atoms with Crippen molar-refractivity contribution in [1.29, 1.82) is 0 Å². The summed E-state index contributed by atoms with van der Waals surface area (Å²) in [7, 11) is 2.03. The molecule has 3 saturated carbocycles. The highest BCUT2D eigenvalue weighted by Crippen LogP contribution is 2.68. The van der Waals surface area contributed by atoms with E-state index >= 15 is 0 Å². The first kappa shape index (κ1) is 25.5. The van der Waals surface area contributed by atoms with Crippen molar-refractivity contribution < 1.29 is 14.4 Å². The maximum absolute atomic E-state index is 13.6. The number of Topliss-reactive ketones (excluding diaryl/α,β-unsaturated/α-hetero) is 1. The molecule has 3 unspecified atom stereocenters. The first-order valence-corrected chi connectivity index (χ1v) is 14.1. The van der Waals surface area contributed by atoms with Crippen LogP contribution in [0.5, 0.6) is 0 Å². The summed E-state index contributed by atoms with van der Waals surface area (Å²) in [4.78, 5) is 39.8. The van der Waals surface area contributed by atoms with Crippen LogP contribution in [-0.2, 0) is 9.59 Å². The van der Waals surface area contributed by atoms with E-state index in [0.29, 0.717) is 47.6 Å². The number of amides is 2. The zero-order valence-electron chi connectivity index (χ0n) is 23.0. The van der Waals surface area contributed by atoms with Gasteiger partial charge in [-0.15, -0.1) is 0 Å². The van der Waals surface area contributed by atoms with Gasteiger partial charge in [-0.1, -0.05) is 27.7 Å². The second-order valence-electron chi connectivity index (χ2n) is 13.5. The first-order chi connectivity index (χ1) is 16.9. The van der Waals surface area contributed by atoms with Gasteiger partial charge in [0.2, 0.25) is 11.8 Å². The molecule has 7 atom stereocenters. The summed E-state index contributed by atoms with van der Waals surface area (Å²) in [6, 6.07) is 7.62. The van der Waals surface area contributed by atoms with Crippen LogP contribution in [0, 0.1) is 39.9 Å². The number of anilines is 1. The minimum Gasteiger partial charge on any atom is -0.342 e. The van der Waals surface area contributed by atoms with E-state index in [9.17, 15) is 14.4 Å². The van der Waals surface area contributed by atoms with Gasteiger partial charge in [-0.25, -0.2) is 0 Å². The van der Waals surface area contributed by atoms with Crippen LogP contribution in [0.2, 0.25) is 0 Å². The SMILES string of the molecule is CC(=O)c1ccc(NC(=O)C(C)(C)[C@H]2CCC3C4CC[C@H]5N(C)C(=O)CC[C@]5(C)C4CC[C@@]32C)cc1. The maximum Gasteiger partial charge on any atom is 0.230 e. The Morgan fingerprint density at radius 3 is 2.28 bits per heavy atom. The fourth-order valence-corrected chi connectivity index (χ4v) is 9.57. The highest BCUT2D eigenvalue weighted by atomic mass is 16.2. The van der Waals surface area contributed by atoms with Gasteiger partial charge < -0.3 is 10.2 Å². The minimum atomic E-state index is -0.478. The van der Waals surface area contributed by atoms with Gasteiger partial charge >= 0.3 is 0 Å². The van der Waals surface area contributed by atoms with E-state index < -0.39 is 5.41 Å². The normalized spacial score (nSPS) is 38.1. The van der Waals surface area contributed by atoms with Crippen molar-refractivity contribution in [3.63, 3.8) is 0 Å². The number of nitrogens with one attached hydrogen (secondary N) is 1. The van der Waals surface area contributed by atoms with Crippen LogP contribution in [0.3, 0.4) is 0 Å².